The number of anilines is 1. The highest BCUT2D eigenvalue weighted by Crippen LogP contribution is 2.29. The minimum atomic E-state index is -4.69. The molecular formula is C11H11ClFNO3S. The van der Waals surface area contributed by atoms with Crippen LogP contribution in [0.2, 0.25) is 5.02 Å². The quantitative estimate of drug-likeness (QED) is 0.784. The third-order valence-corrected chi connectivity index (χ3v) is 4.47. The topological polar surface area (TPSA) is 54.5 Å². The number of rotatable bonds is 2. The second-order valence-corrected chi connectivity index (χ2v) is 6.26. The lowest BCUT2D eigenvalue weighted by molar-refractivity contribution is -0.117. The van der Waals surface area contributed by atoms with Crippen LogP contribution in [0, 0.1) is 6.92 Å². The van der Waals surface area contributed by atoms with Gasteiger partial charge in [-0.25, -0.2) is 0 Å². The van der Waals surface area contributed by atoms with Gasteiger partial charge >= 0.3 is 10.2 Å². The fraction of sp³-hybridized carbons (Fsp3) is 0.364. The molecule has 0 bridgehead atoms. The van der Waals surface area contributed by atoms with Crippen LogP contribution < -0.4 is 4.90 Å². The summed E-state index contributed by atoms with van der Waals surface area (Å²) < 4.78 is 34.5. The largest absolute Gasteiger partial charge is 0.311 e. The van der Waals surface area contributed by atoms with Gasteiger partial charge in [-0.1, -0.05) is 17.7 Å². The molecule has 1 saturated heterocycles. The minimum Gasteiger partial charge on any atom is -0.311 e. The molecule has 1 fully saturated rings. The lowest BCUT2D eigenvalue weighted by atomic mass is 10.2. The minimum absolute atomic E-state index is 0.170. The van der Waals surface area contributed by atoms with E-state index >= 15 is 0 Å². The molecule has 1 aromatic rings. The van der Waals surface area contributed by atoms with Gasteiger partial charge in [-0.3, -0.25) is 4.79 Å². The van der Waals surface area contributed by atoms with Gasteiger partial charge in [-0.15, -0.1) is 3.89 Å². The van der Waals surface area contributed by atoms with Crippen molar-refractivity contribution in [2.45, 2.75) is 18.6 Å². The molecule has 0 radical (unpaired) electrons. The van der Waals surface area contributed by atoms with E-state index in [1.54, 1.807) is 18.2 Å². The maximum atomic E-state index is 12.9. The lowest BCUT2D eigenvalue weighted by Gasteiger charge is -2.16. The van der Waals surface area contributed by atoms with Crippen LogP contribution in [0.3, 0.4) is 0 Å². The molecule has 0 aromatic heterocycles. The van der Waals surface area contributed by atoms with Crippen molar-refractivity contribution >= 4 is 33.4 Å². The number of hydrogen-bond donors (Lipinski definition) is 0. The Bertz CT molecular complexity index is 602. The zero-order chi connectivity index (χ0) is 13.5. The summed E-state index contributed by atoms with van der Waals surface area (Å²) in [5.41, 5.74) is 1.34. The average Bonchev–Trinajstić information content (AvgIpc) is 2.64. The number of halogens is 2. The third kappa shape index (κ3) is 2.49. The molecule has 0 N–H and O–H groups in total. The molecular weight excluding hydrogens is 281 g/mol. The van der Waals surface area contributed by atoms with Crippen LogP contribution in [-0.4, -0.2) is 26.1 Å². The molecule has 2 rings (SSSR count). The average molecular weight is 292 g/mol. The van der Waals surface area contributed by atoms with E-state index in [0.717, 1.165) is 5.56 Å². The van der Waals surface area contributed by atoms with Crippen LogP contribution >= 0.6 is 11.6 Å². The summed E-state index contributed by atoms with van der Waals surface area (Å²) in [6.07, 6.45) is -0.329. The molecule has 1 aliphatic rings. The zero-order valence-corrected chi connectivity index (χ0v) is 11.1. The van der Waals surface area contributed by atoms with Crippen LogP contribution in [0.15, 0.2) is 18.2 Å². The fourth-order valence-electron chi connectivity index (χ4n) is 1.86. The van der Waals surface area contributed by atoms with Crippen LogP contribution in [0.5, 0.6) is 0 Å². The van der Waals surface area contributed by atoms with E-state index in [2.05, 4.69) is 0 Å². The number of nitrogens with zero attached hydrogens (tertiary/aromatic N) is 1. The molecule has 18 heavy (non-hydrogen) atoms. The van der Waals surface area contributed by atoms with Crippen molar-refractivity contribution in [3.63, 3.8) is 0 Å². The van der Waals surface area contributed by atoms with E-state index in [1.165, 1.54) is 4.90 Å². The SMILES string of the molecule is Cc1ccc(N2CC(S(=O)(=O)F)CC2=O)cc1Cl. The predicted octanol–water partition coefficient (Wildman–Crippen LogP) is 2.05. The molecule has 1 aromatic carbocycles. The highest BCUT2D eigenvalue weighted by atomic mass is 35.5. The van der Waals surface area contributed by atoms with Crippen LogP contribution in [0.4, 0.5) is 9.57 Å². The summed E-state index contributed by atoms with van der Waals surface area (Å²) in [6, 6.07) is 4.95. The molecule has 4 nitrogen and oxygen atoms in total. The van der Waals surface area contributed by atoms with Crippen molar-refractivity contribution < 1.29 is 17.1 Å². The highest BCUT2D eigenvalue weighted by Gasteiger charge is 2.39. The van der Waals surface area contributed by atoms with Gasteiger partial charge in [0, 0.05) is 23.7 Å². The van der Waals surface area contributed by atoms with Crippen molar-refractivity contribution in [1.29, 1.82) is 0 Å². The van der Waals surface area contributed by atoms with Crippen LogP contribution in [0.25, 0.3) is 0 Å². The Morgan fingerprint density at radius 2 is 2.11 bits per heavy atom. The first-order valence-corrected chi connectivity index (χ1v) is 7.11. The van der Waals surface area contributed by atoms with Gasteiger partial charge in [0.2, 0.25) is 5.91 Å². The maximum Gasteiger partial charge on any atom is 0.307 e. The Labute approximate surface area is 110 Å². The lowest BCUT2D eigenvalue weighted by Crippen LogP contribution is -2.26. The Balaban J connectivity index is 2.30. The normalized spacial score (nSPS) is 20.5. The summed E-state index contributed by atoms with van der Waals surface area (Å²) >= 11 is 5.94. The number of hydrogen-bond acceptors (Lipinski definition) is 3. The first-order chi connectivity index (χ1) is 8.29. The number of benzene rings is 1. The van der Waals surface area contributed by atoms with Gasteiger partial charge in [0.15, 0.2) is 0 Å². The maximum absolute atomic E-state index is 12.9. The first-order valence-electron chi connectivity index (χ1n) is 5.29. The van der Waals surface area contributed by atoms with Gasteiger partial charge in [-0.2, -0.15) is 8.42 Å². The monoisotopic (exact) mass is 291 g/mol. The Kier molecular flexibility index (Phi) is 3.33. The second-order valence-electron chi connectivity index (χ2n) is 4.24. The third-order valence-electron chi connectivity index (χ3n) is 2.95. The standard InChI is InChI=1S/C11H11ClFNO3S/c1-7-2-3-8(4-10(7)12)14-6-9(5-11(14)15)18(13,16)17/h2-4,9H,5-6H2,1H3. The molecule has 0 aliphatic carbocycles. The summed E-state index contributed by atoms with van der Waals surface area (Å²) in [6.45, 7) is 1.64. The summed E-state index contributed by atoms with van der Waals surface area (Å²) in [5, 5.41) is -0.808. The molecule has 7 heteroatoms. The summed E-state index contributed by atoms with van der Waals surface area (Å²) in [7, 11) is -4.69. The number of aryl methyl sites for hydroxylation is 1. The molecule has 1 amide bonds. The van der Waals surface area contributed by atoms with Crippen molar-refractivity contribution in [2.24, 2.45) is 0 Å². The molecule has 0 saturated carbocycles. The van der Waals surface area contributed by atoms with Gasteiger partial charge in [-0.05, 0) is 24.6 Å². The van der Waals surface area contributed by atoms with Gasteiger partial charge in [0.1, 0.15) is 5.25 Å². The van der Waals surface area contributed by atoms with E-state index in [4.69, 9.17) is 11.6 Å². The summed E-state index contributed by atoms with van der Waals surface area (Å²) in [5.74, 6) is -0.416. The molecule has 98 valence electrons. The summed E-state index contributed by atoms with van der Waals surface area (Å²) in [4.78, 5) is 12.9. The molecule has 0 spiro atoms. The Morgan fingerprint density at radius 3 is 2.61 bits per heavy atom. The van der Waals surface area contributed by atoms with E-state index in [-0.39, 0.29) is 13.0 Å². The molecule has 1 heterocycles. The zero-order valence-electron chi connectivity index (χ0n) is 9.56. The van der Waals surface area contributed by atoms with E-state index < -0.39 is 21.4 Å². The van der Waals surface area contributed by atoms with E-state index in [9.17, 15) is 17.1 Å². The second kappa shape index (κ2) is 4.51. The smallest absolute Gasteiger partial charge is 0.307 e. The van der Waals surface area contributed by atoms with E-state index in [0.29, 0.717) is 10.7 Å². The van der Waals surface area contributed by atoms with Crippen molar-refractivity contribution in [2.75, 3.05) is 11.4 Å². The molecule has 1 unspecified atom stereocenters. The predicted molar refractivity (Wildman–Crippen MR) is 67.0 cm³/mol. The van der Waals surface area contributed by atoms with Crippen LogP contribution in [0.1, 0.15) is 12.0 Å². The highest BCUT2D eigenvalue weighted by molar-refractivity contribution is 7.87. The number of amides is 1. The van der Waals surface area contributed by atoms with Gasteiger partial charge in [0.05, 0.1) is 0 Å². The van der Waals surface area contributed by atoms with Gasteiger partial charge < -0.3 is 4.90 Å². The van der Waals surface area contributed by atoms with Crippen molar-refractivity contribution in [1.82, 2.24) is 0 Å². The fourth-order valence-corrected chi connectivity index (χ4v) is 2.71. The first kappa shape index (κ1) is 13.3. The molecule has 1 atom stereocenters. The van der Waals surface area contributed by atoms with Crippen molar-refractivity contribution in [3.8, 4) is 0 Å². The van der Waals surface area contributed by atoms with Gasteiger partial charge in [0.25, 0.3) is 0 Å². The number of carbonyl (C=O) groups is 1. The van der Waals surface area contributed by atoms with Crippen LogP contribution in [-0.2, 0) is 15.0 Å². The molecule has 1 aliphatic heterocycles. The number of carbonyl (C=O) groups excluding carboxylic acids is 1. The van der Waals surface area contributed by atoms with Crippen molar-refractivity contribution in [3.05, 3.63) is 28.8 Å². The Hall–Kier alpha value is -1.14. The van der Waals surface area contributed by atoms with E-state index in [1.807, 2.05) is 6.92 Å². The Morgan fingerprint density at radius 1 is 1.44 bits per heavy atom.